The minimum Gasteiger partial charge on any atom is -0.352 e. The van der Waals surface area contributed by atoms with Crippen molar-refractivity contribution in [2.24, 2.45) is 0 Å². The fourth-order valence-corrected chi connectivity index (χ4v) is 5.45. The second-order valence-corrected chi connectivity index (χ2v) is 10.5. The first-order valence-electron chi connectivity index (χ1n) is 11.6. The molecule has 2 amide bonds. The molecule has 1 N–H and O–H groups in total. The quantitative estimate of drug-likeness (QED) is 0.296. The Bertz CT molecular complexity index is 1030. The molecule has 0 heterocycles. The van der Waals surface area contributed by atoms with E-state index in [2.05, 4.69) is 5.32 Å². The van der Waals surface area contributed by atoms with Gasteiger partial charge >= 0.3 is 0 Å². The van der Waals surface area contributed by atoms with Gasteiger partial charge in [0.15, 0.2) is 0 Å². The van der Waals surface area contributed by atoms with E-state index < -0.39 is 11.0 Å². The van der Waals surface area contributed by atoms with Crippen molar-refractivity contribution in [3.8, 4) is 0 Å². The van der Waals surface area contributed by atoms with Gasteiger partial charge < -0.3 is 10.2 Å². The number of hydrogen-bond donors (Lipinski definition) is 1. The first kappa shape index (κ1) is 27.3. The Morgan fingerprint density at radius 2 is 1.74 bits per heavy atom. The van der Waals surface area contributed by atoms with E-state index in [1.54, 1.807) is 37.3 Å². The minimum absolute atomic E-state index is 0.0235. The van der Waals surface area contributed by atoms with E-state index in [-0.39, 0.29) is 35.8 Å². The van der Waals surface area contributed by atoms with Crippen molar-refractivity contribution in [3.05, 3.63) is 73.8 Å². The van der Waals surface area contributed by atoms with E-state index >= 15 is 0 Å². The summed E-state index contributed by atoms with van der Waals surface area (Å²) in [4.78, 5) is 38.3. The van der Waals surface area contributed by atoms with Crippen LogP contribution in [-0.4, -0.2) is 39.5 Å². The maximum Gasteiger partial charge on any atom is 0.269 e. The van der Waals surface area contributed by atoms with E-state index in [4.69, 9.17) is 23.2 Å². The highest BCUT2D eigenvalue weighted by Crippen LogP contribution is 2.27. The van der Waals surface area contributed by atoms with Crippen LogP contribution in [0.4, 0.5) is 5.69 Å². The highest BCUT2D eigenvalue weighted by molar-refractivity contribution is 7.99. The van der Waals surface area contributed by atoms with Crippen LogP contribution in [0.15, 0.2) is 42.5 Å². The normalized spacial score (nSPS) is 14.8. The van der Waals surface area contributed by atoms with E-state index in [1.165, 1.54) is 35.2 Å². The lowest BCUT2D eigenvalue weighted by Crippen LogP contribution is -2.50. The van der Waals surface area contributed by atoms with E-state index in [0.29, 0.717) is 21.4 Å². The molecule has 1 fully saturated rings. The minimum atomic E-state index is -0.697. The third kappa shape index (κ3) is 7.85. The predicted octanol–water partition coefficient (Wildman–Crippen LogP) is 6.00. The number of amides is 2. The summed E-state index contributed by atoms with van der Waals surface area (Å²) in [5.74, 6) is 0.251. The van der Waals surface area contributed by atoms with Gasteiger partial charge in [-0.15, -0.1) is 11.8 Å². The largest absolute Gasteiger partial charge is 0.352 e. The Kier molecular flexibility index (Phi) is 10.2. The van der Waals surface area contributed by atoms with Crippen LogP contribution < -0.4 is 5.32 Å². The van der Waals surface area contributed by atoms with Gasteiger partial charge in [0, 0.05) is 46.1 Å². The summed E-state index contributed by atoms with van der Waals surface area (Å²) in [6.45, 7) is 1.84. The summed E-state index contributed by atoms with van der Waals surface area (Å²) in [5, 5.41) is 14.8. The van der Waals surface area contributed by atoms with Gasteiger partial charge in [0.1, 0.15) is 6.04 Å². The number of thioether (sulfide) groups is 1. The lowest BCUT2D eigenvalue weighted by atomic mass is 9.95. The summed E-state index contributed by atoms with van der Waals surface area (Å²) < 4.78 is 0. The van der Waals surface area contributed by atoms with Gasteiger partial charge in [-0.2, -0.15) is 0 Å². The van der Waals surface area contributed by atoms with Crippen LogP contribution in [-0.2, 0) is 21.9 Å². The molecule has 0 unspecified atom stereocenters. The maximum atomic E-state index is 13.3. The van der Waals surface area contributed by atoms with Gasteiger partial charge in [-0.3, -0.25) is 19.7 Å². The second-order valence-electron chi connectivity index (χ2n) is 8.66. The fourth-order valence-electron chi connectivity index (χ4n) is 4.06. The predicted molar refractivity (Wildman–Crippen MR) is 141 cm³/mol. The summed E-state index contributed by atoms with van der Waals surface area (Å²) in [5.41, 5.74) is 1.49. The van der Waals surface area contributed by atoms with Crippen LogP contribution in [0, 0.1) is 10.1 Å². The number of rotatable bonds is 10. The number of nitro benzene ring substituents is 1. The van der Waals surface area contributed by atoms with Crippen molar-refractivity contribution >= 4 is 52.5 Å². The van der Waals surface area contributed by atoms with Gasteiger partial charge in [0.05, 0.1) is 10.7 Å². The molecule has 0 aromatic heterocycles. The Hall–Kier alpha value is -2.29. The molecule has 188 valence electrons. The topological polar surface area (TPSA) is 92.6 Å². The smallest absolute Gasteiger partial charge is 0.269 e. The molecular formula is C25H29Cl2N3O4S. The molecule has 1 aliphatic carbocycles. The van der Waals surface area contributed by atoms with Crippen molar-refractivity contribution in [3.63, 3.8) is 0 Å². The van der Waals surface area contributed by atoms with Gasteiger partial charge in [-0.1, -0.05) is 60.7 Å². The standard InChI is InChI=1S/C25H29Cl2N3O4S/c1-17(25(32)28-19-6-3-2-4-7-19)29(14-21-22(26)8-5-9-23(21)27)24(31)16-35-15-18-10-12-20(13-11-18)30(33)34/h5,8-13,17,19H,2-4,6-7,14-16H2,1H3,(H,28,32)/t17-/m1/s1. The number of nitrogens with one attached hydrogen (secondary N) is 1. The fraction of sp³-hybridized carbons (Fsp3) is 0.440. The second kappa shape index (κ2) is 13.1. The van der Waals surface area contributed by atoms with Crippen LogP contribution in [0.25, 0.3) is 0 Å². The number of carbonyl (C=O) groups is 2. The van der Waals surface area contributed by atoms with Crippen LogP contribution >= 0.6 is 35.0 Å². The maximum absolute atomic E-state index is 13.3. The van der Waals surface area contributed by atoms with Crippen molar-refractivity contribution < 1.29 is 14.5 Å². The molecule has 1 saturated carbocycles. The monoisotopic (exact) mass is 537 g/mol. The Labute approximate surface area is 219 Å². The summed E-state index contributed by atoms with van der Waals surface area (Å²) in [6.07, 6.45) is 5.28. The lowest BCUT2D eigenvalue weighted by molar-refractivity contribution is -0.384. The number of nitrogens with zero attached hydrogens (tertiary/aromatic N) is 2. The zero-order chi connectivity index (χ0) is 25.4. The van der Waals surface area contributed by atoms with Crippen molar-refractivity contribution in [2.75, 3.05) is 5.75 Å². The highest BCUT2D eigenvalue weighted by atomic mass is 35.5. The van der Waals surface area contributed by atoms with Gasteiger partial charge in [0.25, 0.3) is 5.69 Å². The number of halogens is 2. The van der Waals surface area contributed by atoms with E-state index in [0.717, 1.165) is 31.2 Å². The Morgan fingerprint density at radius 1 is 1.11 bits per heavy atom. The van der Waals surface area contributed by atoms with Crippen molar-refractivity contribution in [1.29, 1.82) is 0 Å². The first-order valence-corrected chi connectivity index (χ1v) is 13.5. The van der Waals surface area contributed by atoms with Crippen LogP contribution in [0.5, 0.6) is 0 Å². The molecule has 35 heavy (non-hydrogen) atoms. The molecule has 0 radical (unpaired) electrons. The van der Waals surface area contributed by atoms with Gasteiger partial charge in [-0.25, -0.2) is 0 Å². The lowest BCUT2D eigenvalue weighted by Gasteiger charge is -2.31. The Balaban J connectivity index is 1.68. The van der Waals surface area contributed by atoms with Crippen LogP contribution in [0.1, 0.15) is 50.2 Å². The number of non-ortho nitro benzene ring substituents is 1. The third-order valence-corrected chi connectivity index (χ3v) is 7.85. The SMILES string of the molecule is C[C@H](C(=O)NC1CCCCC1)N(Cc1c(Cl)cccc1Cl)C(=O)CSCc1ccc([N+](=O)[O-])cc1. The Morgan fingerprint density at radius 3 is 2.34 bits per heavy atom. The summed E-state index contributed by atoms with van der Waals surface area (Å²) in [6, 6.07) is 10.8. The molecule has 0 bridgehead atoms. The third-order valence-electron chi connectivity index (χ3n) is 6.15. The number of nitro groups is 1. The average molecular weight is 538 g/mol. The molecule has 1 atom stereocenters. The van der Waals surface area contributed by atoms with Gasteiger partial charge in [-0.05, 0) is 37.5 Å². The molecule has 10 heteroatoms. The number of hydrogen-bond acceptors (Lipinski definition) is 5. The van der Waals surface area contributed by atoms with Crippen LogP contribution in [0.3, 0.4) is 0 Å². The first-order chi connectivity index (χ1) is 16.8. The molecule has 3 rings (SSSR count). The molecule has 0 spiro atoms. The molecule has 2 aromatic rings. The molecule has 0 aliphatic heterocycles. The summed E-state index contributed by atoms with van der Waals surface area (Å²) >= 11 is 14.1. The molecule has 7 nitrogen and oxygen atoms in total. The molecular weight excluding hydrogens is 509 g/mol. The van der Waals surface area contributed by atoms with Crippen molar-refractivity contribution in [2.45, 2.75) is 63.4 Å². The van der Waals surface area contributed by atoms with Gasteiger partial charge in [0.2, 0.25) is 11.8 Å². The molecule has 0 saturated heterocycles. The van der Waals surface area contributed by atoms with E-state index in [9.17, 15) is 19.7 Å². The summed E-state index contributed by atoms with van der Waals surface area (Å²) in [7, 11) is 0. The zero-order valence-electron chi connectivity index (χ0n) is 19.5. The molecule has 1 aliphatic rings. The zero-order valence-corrected chi connectivity index (χ0v) is 21.9. The average Bonchev–Trinajstić information content (AvgIpc) is 2.84. The van der Waals surface area contributed by atoms with E-state index in [1.807, 2.05) is 0 Å². The van der Waals surface area contributed by atoms with Crippen LogP contribution in [0.2, 0.25) is 10.0 Å². The number of benzene rings is 2. The molecule has 2 aromatic carbocycles. The van der Waals surface area contributed by atoms with Crippen molar-refractivity contribution in [1.82, 2.24) is 10.2 Å². The number of carbonyl (C=O) groups excluding carboxylic acids is 2. The highest BCUT2D eigenvalue weighted by Gasteiger charge is 2.29.